The molecule has 1 heterocycles. The number of hydrogen-bond donors (Lipinski definition) is 1. The van der Waals surface area contributed by atoms with Gasteiger partial charge < -0.3 is 9.47 Å². The molecule has 4 amide bonds. The maximum absolute atomic E-state index is 12.9. The molecule has 0 bridgehead atoms. The van der Waals surface area contributed by atoms with E-state index in [4.69, 9.17) is 9.47 Å². The Morgan fingerprint density at radius 2 is 1.97 bits per heavy atom. The Morgan fingerprint density at radius 3 is 2.62 bits per heavy atom. The molecule has 0 atom stereocenters. The van der Waals surface area contributed by atoms with Gasteiger partial charge >= 0.3 is 6.03 Å². The van der Waals surface area contributed by atoms with E-state index < -0.39 is 17.8 Å². The molecule has 154 valence electrons. The standard InChI is InChI=1S/C21H23BrN2O5/c1-3-9-29-18-16(22)11-13(12-17(18)28-4-2)10-15-19(25)23-21(27)24(20(15)26)14-7-5-6-8-14/h3,10-12,14H,1,4-9H2,2H3,(H,23,25,27)/b15-10+. The van der Waals surface area contributed by atoms with Crippen molar-refractivity contribution in [2.75, 3.05) is 13.2 Å². The van der Waals surface area contributed by atoms with Gasteiger partial charge in [0.2, 0.25) is 0 Å². The number of hydrogen-bond acceptors (Lipinski definition) is 5. The molecule has 0 aromatic heterocycles. The van der Waals surface area contributed by atoms with Crippen LogP contribution in [0, 0.1) is 0 Å². The van der Waals surface area contributed by atoms with E-state index in [9.17, 15) is 14.4 Å². The Kier molecular flexibility index (Phi) is 6.74. The Bertz CT molecular complexity index is 874. The first kappa shape index (κ1) is 21.1. The van der Waals surface area contributed by atoms with E-state index in [0.29, 0.717) is 34.7 Å². The van der Waals surface area contributed by atoms with Gasteiger partial charge in [0.25, 0.3) is 11.8 Å². The average Bonchev–Trinajstić information content (AvgIpc) is 3.19. The number of urea groups is 1. The predicted octanol–water partition coefficient (Wildman–Crippen LogP) is 3.82. The zero-order valence-corrected chi connectivity index (χ0v) is 17.8. The Balaban J connectivity index is 1.96. The highest BCUT2D eigenvalue weighted by molar-refractivity contribution is 9.10. The molecular formula is C21H23BrN2O5. The van der Waals surface area contributed by atoms with E-state index >= 15 is 0 Å². The molecule has 1 saturated heterocycles. The molecule has 7 nitrogen and oxygen atoms in total. The van der Waals surface area contributed by atoms with Crippen LogP contribution < -0.4 is 14.8 Å². The Labute approximate surface area is 177 Å². The first-order chi connectivity index (χ1) is 14.0. The normalized spacial score (nSPS) is 18.9. The summed E-state index contributed by atoms with van der Waals surface area (Å²) in [4.78, 5) is 38.7. The minimum absolute atomic E-state index is 0.0781. The van der Waals surface area contributed by atoms with Crippen molar-refractivity contribution in [2.24, 2.45) is 0 Å². The summed E-state index contributed by atoms with van der Waals surface area (Å²) < 4.78 is 11.9. The highest BCUT2D eigenvalue weighted by atomic mass is 79.9. The molecule has 8 heteroatoms. The topological polar surface area (TPSA) is 84.9 Å². The van der Waals surface area contributed by atoms with Gasteiger partial charge in [-0.1, -0.05) is 25.5 Å². The number of nitrogens with one attached hydrogen (secondary N) is 1. The molecule has 2 fully saturated rings. The van der Waals surface area contributed by atoms with Gasteiger partial charge in [-0.2, -0.15) is 0 Å². The van der Waals surface area contributed by atoms with Gasteiger partial charge in [-0.05, 0) is 59.5 Å². The molecule has 1 saturated carbocycles. The summed E-state index contributed by atoms with van der Waals surface area (Å²) in [5.74, 6) is -0.277. The zero-order chi connectivity index (χ0) is 21.0. The van der Waals surface area contributed by atoms with Crippen molar-refractivity contribution in [2.45, 2.75) is 38.6 Å². The van der Waals surface area contributed by atoms with Gasteiger partial charge in [0, 0.05) is 6.04 Å². The third-order valence-corrected chi connectivity index (χ3v) is 5.40. The summed E-state index contributed by atoms with van der Waals surface area (Å²) in [6.07, 6.45) is 6.54. The van der Waals surface area contributed by atoms with E-state index in [0.717, 1.165) is 25.7 Å². The van der Waals surface area contributed by atoms with E-state index in [-0.39, 0.29) is 11.6 Å². The molecule has 0 unspecified atom stereocenters. The molecule has 3 rings (SSSR count). The molecule has 1 aromatic carbocycles. The van der Waals surface area contributed by atoms with Gasteiger partial charge in [-0.3, -0.25) is 19.8 Å². The van der Waals surface area contributed by atoms with Crippen LogP contribution in [0.4, 0.5) is 4.79 Å². The fourth-order valence-corrected chi connectivity index (χ4v) is 4.12. The number of benzene rings is 1. The van der Waals surface area contributed by atoms with E-state index in [2.05, 4.69) is 27.8 Å². The molecule has 1 aliphatic carbocycles. The lowest BCUT2D eigenvalue weighted by molar-refractivity contribution is -0.131. The third-order valence-electron chi connectivity index (χ3n) is 4.81. The lowest BCUT2D eigenvalue weighted by Gasteiger charge is -2.31. The Hall–Kier alpha value is -2.61. The maximum atomic E-state index is 12.9. The first-order valence-corrected chi connectivity index (χ1v) is 10.4. The minimum atomic E-state index is -0.699. The van der Waals surface area contributed by atoms with Crippen LogP contribution in [0.5, 0.6) is 11.5 Å². The van der Waals surface area contributed by atoms with Gasteiger partial charge in [0.1, 0.15) is 12.2 Å². The number of carbonyl (C=O) groups is 3. The number of amides is 4. The summed E-state index contributed by atoms with van der Waals surface area (Å²) in [7, 11) is 0. The van der Waals surface area contributed by atoms with Crippen molar-refractivity contribution < 1.29 is 23.9 Å². The van der Waals surface area contributed by atoms with Crippen molar-refractivity contribution in [3.05, 3.63) is 40.4 Å². The maximum Gasteiger partial charge on any atom is 0.331 e. The third kappa shape index (κ3) is 4.53. The summed E-state index contributed by atoms with van der Waals surface area (Å²) in [5, 5.41) is 2.28. The highest BCUT2D eigenvalue weighted by Crippen LogP contribution is 2.38. The fourth-order valence-electron chi connectivity index (χ4n) is 3.55. The number of halogens is 1. The molecule has 1 aromatic rings. The number of carbonyl (C=O) groups excluding carboxylic acids is 3. The van der Waals surface area contributed by atoms with Crippen LogP contribution in [-0.2, 0) is 9.59 Å². The smallest absolute Gasteiger partial charge is 0.331 e. The molecule has 1 aliphatic heterocycles. The number of imide groups is 2. The predicted molar refractivity (Wildman–Crippen MR) is 112 cm³/mol. The summed E-state index contributed by atoms with van der Waals surface area (Å²) in [6, 6.07) is 2.61. The number of nitrogens with zero attached hydrogens (tertiary/aromatic N) is 1. The second kappa shape index (κ2) is 9.26. The van der Waals surface area contributed by atoms with Crippen LogP contribution in [0.2, 0.25) is 0 Å². The first-order valence-electron chi connectivity index (χ1n) is 9.56. The number of barbiturate groups is 1. The summed E-state index contributed by atoms with van der Waals surface area (Å²) in [5.41, 5.74) is 0.496. The highest BCUT2D eigenvalue weighted by Gasteiger charge is 2.40. The second-order valence-electron chi connectivity index (χ2n) is 6.79. The van der Waals surface area contributed by atoms with Crippen LogP contribution >= 0.6 is 15.9 Å². The molecule has 1 N–H and O–H groups in total. The lowest BCUT2D eigenvalue weighted by atomic mass is 10.0. The van der Waals surface area contributed by atoms with E-state index in [1.807, 2.05) is 6.92 Å². The summed E-state index contributed by atoms with van der Waals surface area (Å²) >= 11 is 3.45. The van der Waals surface area contributed by atoms with Crippen molar-refractivity contribution in [3.63, 3.8) is 0 Å². The quantitative estimate of drug-likeness (QED) is 0.378. The molecule has 29 heavy (non-hydrogen) atoms. The average molecular weight is 463 g/mol. The van der Waals surface area contributed by atoms with Crippen LogP contribution in [0.25, 0.3) is 6.08 Å². The van der Waals surface area contributed by atoms with Crippen molar-refractivity contribution in [1.29, 1.82) is 0 Å². The Morgan fingerprint density at radius 1 is 1.24 bits per heavy atom. The van der Waals surface area contributed by atoms with Crippen LogP contribution in [0.1, 0.15) is 38.2 Å². The summed E-state index contributed by atoms with van der Waals surface area (Å²) in [6.45, 7) is 6.20. The molecule has 0 spiro atoms. The molecular weight excluding hydrogens is 440 g/mol. The monoisotopic (exact) mass is 462 g/mol. The SMILES string of the molecule is C=CCOc1c(Br)cc(/C=C2\C(=O)NC(=O)N(C3CCCC3)C2=O)cc1OCC. The van der Waals surface area contributed by atoms with E-state index in [1.165, 1.54) is 11.0 Å². The second-order valence-corrected chi connectivity index (χ2v) is 7.65. The van der Waals surface area contributed by atoms with Crippen LogP contribution in [0.15, 0.2) is 34.8 Å². The largest absolute Gasteiger partial charge is 0.490 e. The lowest BCUT2D eigenvalue weighted by Crippen LogP contribution is -2.57. The van der Waals surface area contributed by atoms with Crippen molar-refractivity contribution in [3.8, 4) is 11.5 Å². The zero-order valence-electron chi connectivity index (χ0n) is 16.2. The number of rotatable bonds is 7. The van der Waals surface area contributed by atoms with Crippen molar-refractivity contribution >= 4 is 39.9 Å². The van der Waals surface area contributed by atoms with Crippen LogP contribution in [-0.4, -0.2) is 42.0 Å². The van der Waals surface area contributed by atoms with Gasteiger partial charge in [0.05, 0.1) is 11.1 Å². The molecule has 0 radical (unpaired) electrons. The van der Waals surface area contributed by atoms with Gasteiger partial charge in [-0.25, -0.2) is 4.79 Å². The van der Waals surface area contributed by atoms with Gasteiger partial charge in [0.15, 0.2) is 11.5 Å². The minimum Gasteiger partial charge on any atom is -0.490 e. The number of ether oxygens (including phenoxy) is 2. The van der Waals surface area contributed by atoms with Crippen LogP contribution in [0.3, 0.4) is 0 Å². The fraction of sp³-hybridized carbons (Fsp3) is 0.381. The molecule has 2 aliphatic rings. The van der Waals surface area contributed by atoms with E-state index in [1.54, 1.807) is 18.2 Å². The van der Waals surface area contributed by atoms with Crippen molar-refractivity contribution in [1.82, 2.24) is 10.2 Å². The van der Waals surface area contributed by atoms with Gasteiger partial charge in [-0.15, -0.1) is 0 Å².